The van der Waals surface area contributed by atoms with E-state index in [0.29, 0.717) is 0 Å². The fourth-order valence-electron chi connectivity index (χ4n) is 5.73. The van der Waals surface area contributed by atoms with Gasteiger partial charge in [-0.15, -0.1) is 0 Å². The van der Waals surface area contributed by atoms with Gasteiger partial charge in [-0.2, -0.15) is 0 Å². The molecule has 0 spiro atoms. The zero-order chi connectivity index (χ0) is 32.5. The smallest absolute Gasteiger partial charge is 0.140 e. The number of aliphatic hydroxyl groups excluding tert-OH is 2. The molecule has 2 aromatic heterocycles. The number of aromatic nitrogens is 4. The summed E-state index contributed by atoms with van der Waals surface area (Å²) in [5, 5.41) is 14.0. The van der Waals surface area contributed by atoms with Gasteiger partial charge in [0, 0.05) is 61.7 Å². The largest absolute Gasteiger partial charge is 0.400 e. The van der Waals surface area contributed by atoms with Crippen LogP contribution in [0.5, 0.6) is 0 Å². The molecule has 0 aliphatic rings. The molecule has 2 heterocycles. The first-order chi connectivity index (χ1) is 22.7. The topological polar surface area (TPSA) is 76.1 Å². The zero-order valence-electron chi connectivity index (χ0n) is 26.5. The molecule has 0 amide bonds. The van der Waals surface area contributed by atoms with Gasteiger partial charge in [-0.1, -0.05) is 146 Å². The lowest BCUT2D eigenvalue weighted by Crippen LogP contribution is -1.97. The Labute approximate surface area is 270 Å². The first-order valence-electron chi connectivity index (χ1n) is 15.0. The van der Waals surface area contributed by atoms with Crippen molar-refractivity contribution in [2.75, 3.05) is 14.2 Å². The average Bonchev–Trinajstić information content (AvgIpc) is 3.68. The van der Waals surface area contributed by atoms with E-state index in [1.54, 1.807) is 0 Å². The van der Waals surface area contributed by atoms with E-state index in [9.17, 15) is 0 Å². The molecule has 230 valence electrons. The van der Waals surface area contributed by atoms with Crippen LogP contribution in [0.4, 0.5) is 0 Å². The lowest BCUT2D eigenvalue weighted by Gasteiger charge is -2.09. The van der Waals surface area contributed by atoms with Crippen LogP contribution in [0.15, 0.2) is 146 Å². The van der Waals surface area contributed by atoms with Gasteiger partial charge in [-0.25, -0.2) is 9.97 Å². The minimum atomic E-state index is 0.925. The van der Waals surface area contributed by atoms with Crippen molar-refractivity contribution in [2.24, 2.45) is 14.1 Å². The molecule has 46 heavy (non-hydrogen) atoms. The van der Waals surface area contributed by atoms with E-state index < -0.39 is 0 Å². The highest BCUT2D eigenvalue weighted by atomic mass is 16.2. The van der Waals surface area contributed by atoms with E-state index in [2.05, 4.69) is 145 Å². The molecule has 0 aliphatic heterocycles. The third kappa shape index (κ3) is 6.31. The van der Waals surface area contributed by atoms with Crippen molar-refractivity contribution in [2.45, 2.75) is 0 Å². The zero-order valence-corrected chi connectivity index (χ0v) is 26.5. The number of imidazole rings is 2. The Hall–Kier alpha value is -5.56. The molecular weight excluding hydrogens is 568 g/mol. The van der Waals surface area contributed by atoms with Crippen molar-refractivity contribution in [1.82, 2.24) is 19.1 Å². The Morgan fingerprint density at radius 3 is 0.891 bits per heavy atom. The maximum Gasteiger partial charge on any atom is 0.140 e. The van der Waals surface area contributed by atoms with Crippen LogP contribution >= 0.6 is 0 Å². The van der Waals surface area contributed by atoms with Crippen LogP contribution in [-0.2, 0) is 14.1 Å². The molecule has 6 heteroatoms. The Bertz CT molecular complexity index is 1820. The molecule has 0 atom stereocenters. The molecule has 0 radical (unpaired) electrons. The lowest BCUT2D eigenvalue weighted by molar-refractivity contribution is 0.399. The minimum Gasteiger partial charge on any atom is -0.400 e. The highest BCUT2D eigenvalue weighted by Crippen LogP contribution is 2.38. The fourth-order valence-corrected chi connectivity index (χ4v) is 5.73. The van der Waals surface area contributed by atoms with Crippen molar-refractivity contribution in [3.8, 4) is 67.8 Å². The standard InChI is InChI=1S/C38H30N4.2CH4O/c1-41-35(29-19-11-5-12-20-29)33(27-15-7-3-8-16-27)39-37(41)31-23-25-32(26-24-31)38-40-34(28-17-9-4-10-18-28)36(42(38)2)30-21-13-6-14-22-30;2*1-2/h3-26H,1-2H3;2*2H,1H3. The molecule has 0 saturated heterocycles. The summed E-state index contributed by atoms with van der Waals surface area (Å²) in [7, 11) is 6.20. The van der Waals surface area contributed by atoms with E-state index in [4.69, 9.17) is 20.2 Å². The van der Waals surface area contributed by atoms with Gasteiger partial charge in [0.25, 0.3) is 0 Å². The number of hydrogen-bond donors (Lipinski definition) is 2. The number of rotatable bonds is 6. The number of nitrogens with zero attached hydrogens (tertiary/aromatic N) is 4. The quantitative estimate of drug-likeness (QED) is 0.199. The predicted octanol–water partition coefficient (Wildman–Crippen LogP) is 8.37. The highest BCUT2D eigenvalue weighted by Gasteiger charge is 2.21. The maximum atomic E-state index is 7.00. The Balaban J connectivity index is 0.00000100. The molecule has 6 nitrogen and oxygen atoms in total. The first kappa shape index (κ1) is 31.9. The highest BCUT2D eigenvalue weighted by molar-refractivity contribution is 5.84. The van der Waals surface area contributed by atoms with Crippen LogP contribution < -0.4 is 0 Å². The number of benzene rings is 5. The van der Waals surface area contributed by atoms with Crippen LogP contribution in [0, 0.1) is 0 Å². The third-order valence-electron chi connectivity index (χ3n) is 7.78. The SMILES string of the molecule is CO.CO.Cn1c(-c2ccc(-c3nc(-c4ccccc4)c(-c4ccccc4)n3C)cc2)nc(-c2ccccc2)c1-c1ccccc1. The van der Waals surface area contributed by atoms with Gasteiger partial charge in [0.15, 0.2) is 0 Å². The van der Waals surface area contributed by atoms with Crippen LogP contribution in [0.1, 0.15) is 0 Å². The van der Waals surface area contributed by atoms with Crippen molar-refractivity contribution in [3.05, 3.63) is 146 Å². The van der Waals surface area contributed by atoms with Gasteiger partial charge in [-0.05, 0) is 0 Å². The maximum absolute atomic E-state index is 7.00. The Kier molecular flexibility index (Phi) is 10.4. The Morgan fingerprint density at radius 1 is 0.348 bits per heavy atom. The summed E-state index contributed by atoms with van der Waals surface area (Å²) in [5.41, 5.74) is 10.8. The molecule has 7 aromatic rings. The van der Waals surface area contributed by atoms with E-state index in [1.807, 2.05) is 24.3 Å². The lowest BCUT2D eigenvalue weighted by atomic mass is 10.1. The summed E-state index contributed by atoms with van der Waals surface area (Å²) in [6.07, 6.45) is 0. The molecule has 0 unspecified atom stereocenters. The van der Waals surface area contributed by atoms with Crippen molar-refractivity contribution < 1.29 is 10.2 Å². The van der Waals surface area contributed by atoms with Gasteiger partial charge >= 0.3 is 0 Å². The summed E-state index contributed by atoms with van der Waals surface area (Å²) < 4.78 is 4.41. The number of aliphatic hydroxyl groups is 2. The van der Waals surface area contributed by atoms with Crippen LogP contribution in [0.3, 0.4) is 0 Å². The molecular formula is C40H38N4O2. The first-order valence-corrected chi connectivity index (χ1v) is 15.0. The molecule has 0 fully saturated rings. The fraction of sp³-hybridized carbons (Fsp3) is 0.100. The van der Waals surface area contributed by atoms with Gasteiger partial charge in [0.2, 0.25) is 0 Å². The number of hydrogen-bond acceptors (Lipinski definition) is 4. The summed E-state index contributed by atoms with van der Waals surface area (Å²) in [4.78, 5) is 10.4. The summed E-state index contributed by atoms with van der Waals surface area (Å²) in [6.45, 7) is 0. The van der Waals surface area contributed by atoms with Gasteiger partial charge in [-0.3, -0.25) is 0 Å². The second-order valence-corrected chi connectivity index (χ2v) is 10.4. The average molecular weight is 607 g/mol. The van der Waals surface area contributed by atoms with Gasteiger partial charge < -0.3 is 19.3 Å². The van der Waals surface area contributed by atoms with E-state index in [1.165, 1.54) is 0 Å². The van der Waals surface area contributed by atoms with Gasteiger partial charge in [0.05, 0.1) is 22.8 Å². The van der Waals surface area contributed by atoms with Gasteiger partial charge in [0.1, 0.15) is 11.6 Å². The second-order valence-electron chi connectivity index (χ2n) is 10.4. The van der Waals surface area contributed by atoms with Crippen molar-refractivity contribution >= 4 is 0 Å². The van der Waals surface area contributed by atoms with E-state index >= 15 is 0 Å². The molecule has 7 rings (SSSR count). The van der Waals surface area contributed by atoms with E-state index in [-0.39, 0.29) is 0 Å². The second kappa shape index (κ2) is 14.9. The van der Waals surface area contributed by atoms with Crippen molar-refractivity contribution in [1.29, 1.82) is 0 Å². The molecule has 2 N–H and O–H groups in total. The molecule has 0 saturated carbocycles. The van der Waals surface area contributed by atoms with Crippen LogP contribution in [0.2, 0.25) is 0 Å². The van der Waals surface area contributed by atoms with E-state index in [0.717, 1.165) is 82.0 Å². The summed E-state index contributed by atoms with van der Waals surface area (Å²) >= 11 is 0. The predicted molar refractivity (Wildman–Crippen MR) is 189 cm³/mol. The molecule has 0 aliphatic carbocycles. The summed E-state index contributed by atoms with van der Waals surface area (Å²) in [5.74, 6) is 1.85. The summed E-state index contributed by atoms with van der Waals surface area (Å²) in [6, 6.07) is 50.4. The molecule has 5 aromatic carbocycles. The van der Waals surface area contributed by atoms with Crippen LogP contribution in [0.25, 0.3) is 67.8 Å². The third-order valence-corrected chi connectivity index (χ3v) is 7.78. The van der Waals surface area contributed by atoms with Crippen LogP contribution in [-0.4, -0.2) is 43.5 Å². The normalized spacial score (nSPS) is 10.4. The van der Waals surface area contributed by atoms with Crippen molar-refractivity contribution in [3.63, 3.8) is 0 Å². The molecule has 0 bridgehead atoms. The Morgan fingerprint density at radius 2 is 0.609 bits per heavy atom. The monoisotopic (exact) mass is 606 g/mol. The minimum absolute atomic E-state index is 0.925.